The molecule has 1 atom stereocenters. The third-order valence-corrected chi connectivity index (χ3v) is 2.21. The van der Waals surface area contributed by atoms with Crippen molar-refractivity contribution >= 4 is 12.1 Å². The summed E-state index contributed by atoms with van der Waals surface area (Å²) in [5.41, 5.74) is -0.611. The number of carbonyl (C=O) groups excluding carboxylic acids is 1. The molecule has 0 aromatic rings. The molecule has 0 fully saturated rings. The van der Waals surface area contributed by atoms with Crippen LogP contribution >= 0.6 is 0 Å². The lowest BCUT2D eigenvalue weighted by atomic mass is 10.00. The highest BCUT2D eigenvalue weighted by Crippen LogP contribution is 2.11. The largest absolute Gasteiger partial charge is 0.540 e. The van der Waals surface area contributed by atoms with E-state index in [4.69, 9.17) is 10.4 Å². The SMILES string of the molecule is CC(C)(C)OC(=O)OO.CCCCC(CC)C(=O)O. The zero-order valence-corrected chi connectivity index (χ0v) is 12.4. The van der Waals surface area contributed by atoms with Crippen molar-refractivity contribution in [2.75, 3.05) is 0 Å². The van der Waals surface area contributed by atoms with Gasteiger partial charge in [0.2, 0.25) is 0 Å². The molecule has 0 saturated heterocycles. The van der Waals surface area contributed by atoms with Crippen LogP contribution in [0, 0.1) is 5.92 Å². The molecule has 19 heavy (non-hydrogen) atoms. The highest BCUT2D eigenvalue weighted by Gasteiger charge is 2.16. The summed E-state index contributed by atoms with van der Waals surface area (Å²) in [6.07, 6.45) is 2.63. The molecule has 0 saturated carbocycles. The second-order valence-electron chi connectivity index (χ2n) is 5.14. The molecule has 0 aromatic carbocycles. The quantitative estimate of drug-likeness (QED) is 0.452. The Labute approximate surface area is 114 Å². The van der Waals surface area contributed by atoms with E-state index in [2.05, 4.69) is 16.5 Å². The minimum absolute atomic E-state index is 0.111. The molecule has 114 valence electrons. The van der Waals surface area contributed by atoms with Gasteiger partial charge in [0.05, 0.1) is 5.92 Å². The van der Waals surface area contributed by atoms with Crippen molar-refractivity contribution in [2.24, 2.45) is 5.92 Å². The van der Waals surface area contributed by atoms with Gasteiger partial charge >= 0.3 is 12.1 Å². The summed E-state index contributed by atoms with van der Waals surface area (Å²) < 4.78 is 4.48. The van der Waals surface area contributed by atoms with E-state index in [-0.39, 0.29) is 5.92 Å². The third-order valence-electron chi connectivity index (χ3n) is 2.21. The van der Waals surface area contributed by atoms with E-state index < -0.39 is 17.7 Å². The van der Waals surface area contributed by atoms with Gasteiger partial charge in [-0.1, -0.05) is 26.7 Å². The normalized spacial score (nSPS) is 11.9. The van der Waals surface area contributed by atoms with Crippen molar-refractivity contribution < 1.29 is 29.6 Å². The van der Waals surface area contributed by atoms with Gasteiger partial charge in [-0.3, -0.25) is 9.68 Å². The fraction of sp³-hybridized carbons (Fsp3) is 0.846. The van der Waals surface area contributed by atoms with Crippen LogP contribution in [0.4, 0.5) is 4.79 Å². The summed E-state index contributed by atoms with van der Waals surface area (Å²) in [6.45, 7) is 9.01. The number of hydrogen-bond donors (Lipinski definition) is 2. The first kappa shape index (κ1) is 20.0. The van der Waals surface area contributed by atoms with Crippen molar-refractivity contribution in [1.29, 1.82) is 0 Å². The maximum absolute atomic E-state index is 10.4. The second kappa shape index (κ2) is 10.6. The molecule has 1 unspecified atom stereocenters. The first-order chi connectivity index (χ1) is 8.67. The summed E-state index contributed by atoms with van der Waals surface area (Å²) >= 11 is 0. The number of rotatable bonds is 5. The first-order valence-electron chi connectivity index (χ1n) is 6.45. The molecular weight excluding hydrogens is 252 g/mol. The van der Waals surface area contributed by atoms with Gasteiger partial charge in [0.1, 0.15) is 5.60 Å². The molecule has 0 aromatic heterocycles. The molecule has 0 spiro atoms. The average molecular weight is 278 g/mol. The van der Waals surface area contributed by atoms with Crippen LogP contribution in [-0.4, -0.2) is 28.1 Å². The molecule has 0 aliphatic heterocycles. The lowest BCUT2D eigenvalue weighted by molar-refractivity contribution is -0.210. The lowest BCUT2D eigenvalue weighted by Gasteiger charge is -2.16. The monoisotopic (exact) mass is 278 g/mol. The maximum atomic E-state index is 10.4. The smallest absolute Gasteiger partial charge is 0.481 e. The molecule has 0 heterocycles. The number of aliphatic carboxylic acids is 1. The Morgan fingerprint density at radius 1 is 1.21 bits per heavy atom. The minimum Gasteiger partial charge on any atom is -0.481 e. The van der Waals surface area contributed by atoms with Crippen LogP contribution in [0.1, 0.15) is 60.3 Å². The van der Waals surface area contributed by atoms with Gasteiger partial charge in [0.25, 0.3) is 0 Å². The topological polar surface area (TPSA) is 93.1 Å². The first-order valence-corrected chi connectivity index (χ1v) is 6.45. The molecular formula is C13H26O6. The highest BCUT2D eigenvalue weighted by molar-refractivity contribution is 5.69. The van der Waals surface area contributed by atoms with E-state index in [1.54, 1.807) is 20.8 Å². The van der Waals surface area contributed by atoms with Gasteiger partial charge in [0, 0.05) is 0 Å². The van der Waals surface area contributed by atoms with Crippen LogP contribution in [0.15, 0.2) is 0 Å². The summed E-state index contributed by atoms with van der Waals surface area (Å²) in [7, 11) is 0. The van der Waals surface area contributed by atoms with Crippen LogP contribution in [0.5, 0.6) is 0 Å². The van der Waals surface area contributed by atoms with Gasteiger partial charge in [-0.25, -0.2) is 4.79 Å². The predicted molar refractivity (Wildman–Crippen MR) is 70.9 cm³/mol. The van der Waals surface area contributed by atoms with Crippen LogP contribution in [0.3, 0.4) is 0 Å². The van der Waals surface area contributed by atoms with Crippen LogP contribution in [-0.2, 0) is 14.4 Å². The van der Waals surface area contributed by atoms with Gasteiger partial charge in [-0.2, -0.15) is 5.26 Å². The van der Waals surface area contributed by atoms with Crippen molar-refractivity contribution in [3.63, 3.8) is 0 Å². The summed E-state index contributed by atoms with van der Waals surface area (Å²) in [6, 6.07) is 0. The van der Waals surface area contributed by atoms with Crippen molar-refractivity contribution in [3.8, 4) is 0 Å². The van der Waals surface area contributed by atoms with E-state index in [0.29, 0.717) is 0 Å². The molecule has 0 aliphatic rings. The van der Waals surface area contributed by atoms with Gasteiger partial charge in [-0.05, 0) is 33.6 Å². The highest BCUT2D eigenvalue weighted by atomic mass is 17.1. The Morgan fingerprint density at radius 3 is 1.95 bits per heavy atom. The zero-order chi connectivity index (χ0) is 15.5. The predicted octanol–water partition coefficient (Wildman–Crippen LogP) is 3.70. The van der Waals surface area contributed by atoms with Gasteiger partial charge in [-0.15, -0.1) is 0 Å². The zero-order valence-electron chi connectivity index (χ0n) is 12.4. The third kappa shape index (κ3) is 14.6. The van der Waals surface area contributed by atoms with E-state index in [1.807, 2.05) is 6.92 Å². The molecule has 0 bridgehead atoms. The second-order valence-corrected chi connectivity index (χ2v) is 5.14. The van der Waals surface area contributed by atoms with E-state index >= 15 is 0 Å². The Hall–Kier alpha value is -1.30. The van der Waals surface area contributed by atoms with E-state index in [0.717, 1.165) is 25.7 Å². The fourth-order valence-corrected chi connectivity index (χ4v) is 1.22. The molecule has 0 amide bonds. The maximum Gasteiger partial charge on any atom is 0.540 e. The van der Waals surface area contributed by atoms with E-state index in [1.165, 1.54) is 0 Å². The molecule has 0 rings (SSSR count). The van der Waals surface area contributed by atoms with Crippen molar-refractivity contribution in [3.05, 3.63) is 0 Å². The molecule has 6 heteroatoms. The number of carboxylic acid groups (broad SMARTS) is 1. The number of carboxylic acids is 1. The number of hydrogen-bond acceptors (Lipinski definition) is 5. The van der Waals surface area contributed by atoms with Crippen LogP contribution < -0.4 is 0 Å². The number of unbranched alkanes of at least 4 members (excludes halogenated alkanes) is 1. The number of carbonyl (C=O) groups is 2. The summed E-state index contributed by atoms with van der Waals surface area (Å²) in [4.78, 5) is 23.8. The molecule has 0 aliphatic carbocycles. The van der Waals surface area contributed by atoms with Crippen LogP contribution in [0.2, 0.25) is 0 Å². The van der Waals surface area contributed by atoms with Crippen LogP contribution in [0.25, 0.3) is 0 Å². The Bertz CT molecular complexity index is 256. The molecule has 6 nitrogen and oxygen atoms in total. The Balaban J connectivity index is 0. The summed E-state index contributed by atoms with van der Waals surface area (Å²) in [5.74, 6) is -0.754. The standard InChI is InChI=1S/C8H16O2.C5H10O4/c1-3-5-6-7(4-2)8(9)10;1-5(2,3)8-4(6)9-7/h7H,3-6H2,1-2H3,(H,9,10);7H,1-3H3. The van der Waals surface area contributed by atoms with Crippen molar-refractivity contribution in [1.82, 2.24) is 0 Å². The lowest BCUT2D eigenvalue weighted by Crippen LogP contribution is -2.23. The summed E-state index contributed by atoms with van der Waals surface area (Å²) in [5, 5.41) is 16.3. The fourth-order valence-electron chi connectivity index (χ4n) is 1.22. The molecule has 2 N–H and O–H groups in total. The van der Waals surface area contributed by atoms with Gasteiger partial charge < -0.3 is 9.84 Å². The Morgan fingerprint density at radius 2 is 1.74 bits per heavy atom. The Kier molecular flexibility index (Phi) is 11.2. The number of ether oxygens (including phenoxy) is 1. The molecule has 0 radical (unpaired) electrons. The van der Waals surface area contributed by atoms with Crippen molar-refractivity contribution in [2.45, 2.75) is 65.9 Å². The van der Waals surface area contributed by atoms with Gasteiger partial charge in [0.15, 0.2) is 0 Å². The average Bonchev–Trinajstić information content (AvgIpc) is 2.28. The minimum atomic E-state index is -1.08. The van der Waals surface area contributed by atoms with E-state index in [9.17, 15) is 9.59 Å².